The van der Waals surface area contributed by atoms with Crippen molar-refractivity contribution in [2.24, 2.45) is 7.05 Å². The van der Waals surface area contributed by atoms with Gasteiger partial charge in [0.25, 0.3) is 11.5 Å². The molecular weight excluding hydrogens is 358 g/mol. The lowest BCUT2D eigenvalue weighted by Gasteiger charge is -2.21. The van der Waals surface area contributed by atoms with Crippen LogP contribution in [0.2, 0.25) is 0 Å². The molecular formula is C21H21N3O4. The number of hydrogen-bond acceptors (Lipinski definition) is 5. The zero-order valence-corrected chi connectivity index (χ0v) is 16.0. The van der Waals surface area contributed by atoms with Crippen LogP contribution in [0.4, 0.5) is 0 Å². The van der Waals surface area contributed by atoms with Crippen LogP contribution in [-0.2, 0) is 27.8 Å². The molecule has 7 heteroatoms. The van der Waals surface area contributed by atoms with Crippen LogP contribution >= 0.6 is 0 Å². The number of hydrogen-bond donors (Lipinski definition) is 0. The number of nitrogens with zero attached hydrogens (tertiary/aromatic N) is 3. The fourth-order valence-corrected chi connectivity index (χ4v) is 2.94. The van der Waals surface area contributed by atoms with E-state index in [0.29, 0.717) is 22.0 Å². The predicted molar refractivity (Wildman–Crippen MR) is 105 cm³/mol. The van der Waals surface area contributed by atoms with Gasteiger partial charge in [-0.25, -0.2) is 4.68 Å². The quantitative estimate of drug-likeness (QED) is 0.632. The number of likely N-dealkylation sites (N-methyl/N-ethyl adjacent to an activating group) is 1. The zero-order chi connectivity index (χ0) is 20.3. The van der Waals surface area contributed by atoms with E-state index < -0.39 is 12.1 Å². The van der Waals surface area contributed by atoms with Crippen LogP contribution in [0.1, 0.15) is 17.4 Å². The average Bonchev–Trinajstić information content (AvgIpc) is 2.70. The summed E-state index contributed by atoms with van der Waals surface area (Å²) in [6, 6.07) is 15.8. The fourth-order valence-electron chi connectivity index (χ4n) is 2.94. The van der Waals surface area contributed by atoms with Crippen LogP contribution in [-0.4, -0.2) is 40.7 Å². The zero-order valence-electron chi connectivity index (χ0n) is 16.0. The molecule has 0 aliphatic rings. The third-order valence-corrected chi connectivity index (χ3v) is 4.36. The summed E-state index contributed by atoms with van der Waals surface area (Å²) in [5.41, 5.74) is 0.775. The number of carbonyl (C=O) groups excluding carboxylic acids is 2. The molecule has 1 atom stereocenters. The second-order valence-corrected chi connectivity index (χ2v) is 6.61. The highest BCUT2D eigenvalue weighted by molar-refractivity contribution is 5.88. The molecule has 0 unspecified atom stereocenters. The van der Waals surface area contributed by atoms with Crippen molar-refractivity contribution < 1.29 is 14.3 Å². The van der Waals surface area contributed by atoms with Crippen LogP contribution in [0.25, 0.3) is 10.8 Å². The smallest absolute Gasteiger partial charge is 0.313 e. The molecule has 7 nitrogen and oxygen atoms in total. The third kappa shape index (κ3) is 3.93. The molecule has 1 heterocycles. The predicted octanol–water partition coefficient (Wildman–Crippen LogP) is 1.85. The Morgan fingerprint density at radius 2 is 1.64 bits per heavy atom. The molecule has 0 fully saturated rings. The lowest BCUT2D eigenvalue weighted by molar-refractivity contribution is -0.159. The minimum Gasteiger partial charge on any atom is -0.447 e. The minimum atomic E-state index is -1.04. The van der Waals surface area contributed by atoms with E-state index in [0.717, 1.165) is 0 Å². The molecule has 0 aliphatic heterocycles. The van der Waals surface area contributed by atoms with E-state index in [4.69, 9.17) is 4.74 Å². The largest absolute Gasteiger partial charge is 0.447 e. The lowest BCUT2D eigenvalue weighted by Crippen LogP contribution is -2.32. The molecule has 28 heavy (non-hydrogen) atoms. The molecule has 0 radical (unpaired) electrons. The average molecular weight is 379 g/mol. The van der Waals surface area contributed by atoms with Gasteiger partial charge in [-0.2, -0.15) is 5.10 Å². The summed E-state index contributed by atoms with van der Waals surface area (Å²) in [6.07, 6.45) is -1.19. The Bertz CT molecular complexity index is 1070. The molecule has 1 amide bonds. The van der Waals surface area contributed by atoms with Gasteiger partial charge in [-0.1, -0.05) is 48.5 Å². The summed E-state index contributed by atoms with van der Waals surface area (Å²) in [7, 11) is 4.74. The van der Waals surface area contributed by atoms with Crippen molar-refractivity contribution >= 4 is 22.6 Å². The van der Waals surface area contributed by atoms with Crippen LogP contribution in [0.15, 0.2) is 59.4 Å². The molecule has 2 aromatic carbocycles. The molecule has 0 N–H and O–H groups in total. The summed E-state index contributed by atoms with van der Waals surface area (Å²) in [6.45, 7) is 0. The molecule has 1 aromatic heterocycles. The molecule has 0 bridgehead atoms. The van der Waals surface area contributed by atoms with Gasteiger partial charge in [-0.05, 0) is 6.07 Å². The van der Waals surface area contributed by atoms with Gasteiger partial charge in [0.2, 0.25) is 6.10 Å². The van der Waals surface area contributed by atoms with Crippen LogP contribution in [0.3, 0.4) is 0 Å². The monoisotopic (exact) mass is 379 g/mol. The second kappa shape index (κ2) is 8.04. The first kappa shape index (κ1) is 19.3. The first-order chi connectivity index (χ1) is 13.4. The Balaban J connectivity index is 1.90. The van der Waals surface area contributed by atoms with E-state index >= 15 is 0 Å². The van der Waals surface area contributed by atoms with Crippen molar-refractivity contribution in [2.75, 3.05) is 14.1 Å². The number of esters is 1. The lowest BCUT2D eigenvalue weighted by atomic mass is 10.1. The highest BCUT2D eigenvalue weighted by Crippen LogP contribution is 2.21. The van der Waals surface area contributed by atoms with Gasteiger partial charge in [0, 0.05) is 32.1 Å². The topological polar surface area (TPSA) is 81.5 Å². The summed E-state index contributed by atoms with van der Waals surface area (Å²) in [5.74, 6) is -0.932. The van der Waals surface area contributed by atoms with Crippen molar-refractivity contribution in [3.8, 4) is 0 Å². The Hall–Kier alpha value is -3.48. The Morgan fingerprint density at radius 3 is 2.29 bits per heavy atom. The number of fused-ring (bicyclic) bond motifs is 1. The number of ether oxygens (including phenoxy) is 1. The van der Waals surface area contributed by atoms with Gasteiger partial charge in [0.1, 0.15) is 0 Å². The first-order valence-electron chi connectivity index (χ1n) is 8.79. The molecule has 0 aliphatic carbocycles. The third-order valence-electron chi connectivity index (χ3n) is 4.36. The maximum atomic E-state index is 12.6. The van der Waals surface area contributed by atoms with Gasteiger partial charge >= 0.3 is 5.97 Å². The van der Waals surface area contributed by atoms with Crippen LogP contribution in [0, 0.1) is 0 Å². The Kier molecular flexibility index (Phi) is 5.54. The van der Waals surface area contributed by atoms with Crippen molar-refractivity contribution in [2.45, 2.75) is 12.5 Å². The van der Waals surface area contributed by atoms with E-state index in [9.17, 15) is 14.4 Å². The highest BCUT2D eigenvalue weighted by Gasteiger charge is 2.27. The van der Waals surface area contributed by atoms with E-state index in [2.05, 4.69) is 5.10 Å². The van der Waals surface area contributed by atoms with Crippen molar-refractivity contribution in [3.63, 3.8) is 0 Å². The van der Waals surface area contributed by atoms with Crippen LogP contribution < -0.4 is 5.56 Å². The molecule has 0 spiro atoms. The molecule has 3 aromatic rings. The molecule has 3 rings (SSSR count). The normalized spacial score (nSPS) is 11.8. The van der Waals surface area contributed by atoms with Gasteiger partial charge in [0.05, 0.1) is 17.5 Å². The summed E-state index contributed by atoms with van der Waals surface area (Å²) < 4.78 is 6.72. The van der Waals surface area contributed by atoms with E-state index in [1.807, 2.05) is 6.07 Å². The molecule has 144 valence electrons. The number of aryl methyl sites for hydroxylation is 1. The summed E-state index contributed by atoms with van der Waals surface area (Å²) in [4.78, 5) is 38.8. The number of carbonyl (C=O) groups is 2. The van der Waals surface area contributed by atoms with Crippen molar-refractivity contribution in [3.05, 3.63) is 76.2 Å². The van der Waals surface area contributed by atoms with Gasteiger partial charge in [-0.15, -0.1) is 0 Å². The van der Waals surface area contributed by atoms with Gasteiger partial charge in [0.15, 0.2) is 0 Å². The number of amides is 1. The maximum Gasteiger partial charge on any atom is 0.313 e. The first-order valence-corrected chi connectivity index (χ1v) is 8.79. The molecule has 0 saturated carbocycles. The summed E-state index contributed by atoms with van der Waals surface area (Å²) in [5, 5.41) is 5.28. The fraction of sp³-hybridized carbons (Fsp3) is 0.238. The van der Waals surface area contributed by atoms with Gasteiger partial charge in [-0.3, -0.25) is 14.4 Å². The summed E-state index contributed by atoms with van der Waals surface area (Å²) >= 11 is 0. The Labute approximate surface area is 162 Å². The number of rotatable bonds is 5. The van der Waals surface area contributed by atoms with Gasteiger partial charge < -0.3 is 9.64 Å². The van der Waals surface area contributed by atoms with E-state index in [1.165, 1.54) is 16.6 Å². The van der Waals surface area contributed by atoms with Crippen LogP contribution in [0.5, 0.6) is 0 Å². The number of benzene rings is 2. The minimum absolute atomic E-state index is 0.154. The van der Waals surface area contributed by atoms with E-state index in [-0.39, 0.29) is 17.9 Å². The van der Waals surface area contributed by atoms with E-state index in [1.54, 1.807) is 62.6 Å². The second-order valence-electron chi connectivity index (χ2n) is 6.61. The molecule has 0 saturated heterocycles. The standard InChI is InChI=1S/C21H21N3O4/c1-23(2)21(27)19(14-9-5-4-6-10-14)28-18(25)13-17-15-11-7-8-12-16(15)20(26)24(3)22-17/h4-12,19H,13H2,1-3H3/t19-/m1/s1. The number of aromatic nitrogens is 2. The maximum absolute atomic E-state index is 12.6. The highest BCUT2D eigenvalue weighted by atomic mass is 16.5. The van der Waals surface area contributed by atoms with Crippen molar-refractivity contribution in [1.82, 2.24) is 14.7 Å². The Morgan fingerprint density at radius 1 is 1.04 bits per heavy atom. The van der Waals surface area contributed by atoms with Crippen molar-refractivity contribution in [1.29, 1.82) is 0 Å². The SMILES string of the molecule is CN(C)C(=O)[C@H](OC(=O)Cc1nn(C)c(=O)c2ccccc12)c1ccccc1.